The molecule has 0 fully saturated rings. The van der Waals surface area contributed by atoms with Crippen LogP contribution in [-0.4, -0.2) is 0 Å². The normalized spacial score (nSPS) is 13.0. The summed E-state index contributed by atoms with van der Waals surface area (Å²) in [6, 6.07) is 12.3. The molecule has 2 aromatic rings. The van der Waals surface area contributed by atoms with Gasteiger partial charge >= 0.3 is 0 Å². The molecule has 1 aliphatic rings. The van der Waals surface area contributed by atoms with Crippen molar-refractivity contribution in [2.24, 2.45) is 0 Å². The van der Waals surface area contributed by atoms with Crippen molar-refractivity contribution in [2.45, 2.75) is 12.8 Å². The van der Waals surface area contributed by atoms with E-state index in [4.69, 9.17) is 11.5 Å². The third-order valence-electron chi connectivity index (χ3n) is 3.22. The largest absolute Gasteiger partial charge is 0.399 e. The van der Waals surface area contributed by atoms with Crippen molar-refractivity contribution >= 4 is 11.4 Å². The molecule has 2 aromatic carbocycles. The summed E-state index contributed by atoms with van der Waals surface area (Å²) in [6.45, 7) is 0. The number of nitrogen functional groups attached to an aromatic ring is 2. The molecule has 2 heteroatoms. The molecular weight excluding hydrogens is 196 g/mol. The lowest BCUT2D eigenvalue weighted by molar-refractivity contribution is 1.00. The van der Waals surface area contributed by atoms with Gasteiger partial charge in [-0.15, -0.1) is 0 Å². The van der Waals surface area contributed by atoms with E-state index in [1.54, 1.807) is 0 Å². The quantitative estimate of drug-likeness (QED) is 0.559. The van der Waals surface area contributed by atoms with Crippen LogP contribution in [0, 0.1) is 0 Å². The number of hydrogen-bond acceptors (Lipinski definition) is 2. The molecule has 0 unspecified atom stereocenters. The van der Waals surface area contributed by atoms with E-state index in [0.29, 0.717) is 0 Å². The number of benzene rings is 2. The van der Waals surface area contributed by atoms with Gasteiger partial charge in [0.2, 0.25) is 0 Å². The second kappa shape index (κ2) is 3.27. The number of anilines is 2. The summed E-state index contributed by atoms with van der Waals surface area (Å²) >= 11 is 0. The second-order valence-corrected chi connectivity index (χ2v) is 4.41. The van der Waals surface area contributed by atoms with Crippen LogP contribution >= 0.6 is 0 Å². The molecular formula is C14H14N2. The van der Waals surface area contributed by atoms with Crippen molar-refractivity contribution in [1.82, 2.24) is 0 Å². The Hall–Kier alpha value is -1.96. The third-order valence-corrected chi connectivity index (χ3v) is 3.22. The molecule has 3 rings (SSSR count). The maximum atomic E-state index is 5.81. The molecule has 1 aliphatic carbocycles. The molecule has 2 nitrogen and oxygen atoms in total. The zero-order valence-electron chi connectivity index (χ0n) is 9.03. The van der Waals surface area contributed by atoms with Crippen LogP contribution in [0.3, 0.4) is 0 Å². The third kappa shape index (κ3) is 1.43. The van der Waals surface area contributed by atoms with Crippen LogP contribution < -0.4 is 11.5 Å². The van der Waals surface area contributed by atoms with E-state index in [0.717, 1.165) is 24.2 Å². The maximum Gasteiger partial charge on any atom is 0.0317 e. The fourth-order valence-electron chi connectivity index (χ4n) is 2.38. The second-order valence-electron chi connectivity index (χ2n) is 4.41. The van der Waals surface area contributed by atoms with Crippen LogP contribution in [0.1, 0.15) is 22.3 Å². The highest BCUT2D eigenvalue weighted by atomic mass is 14.5. The Morgan fingerprint density at radius 2 is 1.06 bits per heavy atom. The Labute approximate surface area is 94.9 Å². The maximum absolute atomic E-state index is 5.81. The number of rotatable bonds is 0. The summed E-state index contributed by atoms with van der Waals surface area (Å²) in [4.78, 5) is 0. The minimum atomic E-state index is 0.839. The smallest absolute Gasteiger partial charge is 0.0317 e. The Balaban J connectivity index is 2.10. The molecule has 0 saturated heterocycles. The highest BCUT2D eigenvalue weighted by Gasteiger charge is 2.15. The van der Waals surface area contributed by atoms with Crippen LogP contribution in [-0.2, 0) is 12.8 Å². The van der Waals surface area contributed by atoms with Gasteiger partial charge in [-0.1, -0.05) is 12.1 Å². The Morgan fingerprint density at radius 3 is 1.56 bits per heavy atom. The SMILES string of the molecule is Nc1ccc2c(c1)Cc1cc(N)ccc1C2. The predicted molar refractivity (Wildman–Crippen MR) is 67.3 cm³/mol. The average molecular weight is 210 g/mol. The van der Waals surface area contributed by atoms with Gasteiger partial charge in [0.1, 0.15) is 0 Å². The molecule has 0 bridgehead atoms. The van der Waals surface area contributed by atoms with E-state index >= 15 is 0 Å². The lowest BCUT2D eigenvalue weighted by atomic mass is 9.85. The molecule has 80 valence electrons. The van der Waals surface area contributed by atoms with Crippen molar-refractivity contribution < 1.29 is 0 Å². The zero-order chi connectivity index (χ0) is 11.1. The summed E-state index contributed by atoms with van der Waals surface area (Å²) in [7, 11) is 0. The van der Waals surface area contributed by atoms with Crippen LogP contribution in [0.2, 0.25) is 0 Å². The van der Waals surface area contributed by atoms with Gasteiger partial charge in [-0.3, -0.25) is 0 Å². The van der Waals surface area contributed by atoms with Crippen molar-refractivity contribution in [1.29, 1.82) is 0 Å². The topological polar surface area (TPSA) is 52.0 Å². The van der Waals surface area contributed by atoms with E-state index in [1.165, 1.54) is 22.3 Å². The zero-order valence-corrected chi connectivity index (χ0v) is 9.03. The molecule has 0 radical (unpaired) electrons. The van der Waals surface area contributed by atoms with Gasteiger partial charge in [0.05, 0.1) is 0 Å². The average Bonchev–Trinajstić information content (AvgIpc) is 2.26. The first-order valence-electron chi connectivity index (χ1n) is 5.47. The predicted octanol–water partition coefficient (Wildman–Crippen LogP) is 2.35. The molecule has 0 aliphatic heterocycles. The van der Waals surface area contributed by atoms with Crippen molar-refractivity contribution in [3.63, 3.8) is 0 Å². The molecule has 0 saturated carbocycles. The van der Waals surface area contributed by atoms with Gasteiger partial charge in [0.25, 0.3) is 0 Å². The van der Waals surface area contributed by atoms with Crippen LogP contribution in [0.25, 0.3) is 0 Å². The molecule has 0 heterocycles. The standard InChI is InChI=1S/C14H14N2/c15-13-3-1-9-5-10-2-4-14(16)8-12(10)6-11(9)7-13/h1-4,7-8H,5-6,15-16H2. The van der Waals surface area contributed by atoms with Crippen LogP contribution in [0.5, 0.6) is 0 Å². The lowest BCUT2D eigenvalue weighted by Gasteiger charge is -2.20. The number of fused-ring (bicyclic) bond motifs is 2. The Kier molecular flexibility index (Phi) is 1.90. The van der Waals surface area contributed by atoms with Gasteiger partial charge in [-0.05, 0) is 59.4 Å². The Bertz CT molecular complexity index is 509. The molecule has 0 spiro atoms. The number of hydrogen-bond donors (Lipinski definition) is 2. The van der Waals surface area contributed by atoms with Gasteiger partial charge in [0.15, 0.2) is 0 Å². The number of nitrogens with two attached hydrogens (primary N) is 2. The molecule has 0 amide bonds. The molecule has 16 heavy (non-hydrogen) atoms. The van der Waals surface area contributed by atoms with E-state index in [1.807, 2.05) is 12.1 Å². The first kappa shape index (κ1) is 9.28. The minimum Gasteiger partial charge on any atom is -0.399 e. The highest BCUT2D eigenvalue weighted by Crippen LogP contribution is 2.29. The molecule has 4 N–H and O–H groups in total. The van der Waals surface area contributed by atoms with Gasteiger partial charge in [-0.25, -0.2) is 0 Å². The van der Waals surface area contributed by atoms with E-state index < -0.39 is 0 Å². The first-order valence-corrected chi connectivity index (χ1v) is 5.47. The van der Waals surface area contributed by atoms with Gasteiger partial charge in [-0.2, -0.15) is 0 Å². The van der Waals surface area contributed by atoms with Crippen molar-refractivity contribution in [3.05, 3.63) is 58.7 Å². The molecule has 0 aromatic heterocycles. The van der Waals surface area contributed by atoms with E-state index in [2.05, 4.69) is 24.3 Å². The van der Waals surface area contributed by atoms with Gasteiger partial charge in [0, 0.05) is 11.4 Å². The monoisotopic (exact) mass is 210 g/mol. The minimum absolute atomic E-state index is 0.839. The van der Waals surface area contributed by atoms with E-state index in [-0.39, 0.29) is 0 Å². The Morgan fingerprint density at radius 1 is 0.625 bits per heavy atom. The van der Waals surface area contributed by atoms with Gasteiger partial charge < -0.3 is 11.5 Å². The van der Waals surface area contributed by atoms with Crippen molar-refractivity contribution in [3.8, 4) is 0 Å². The summed E-state index contributed by atoms with van der Waals surface area (Å²) in [5.74, 6) is 0. The van der Waals surface area contributed by atoms with Crippen LogP contribution in [0.15, 0.2) is 36.4 Å². The van der Waals surface area contributed by atoms with E-state index in [9.17, 15) is 0 Å². The lowest BCUT2D eigenvalue weighted by Crippen LogP contribution is -2.08. The van der Waals surface area contributed by atoms with Crippen LogP contribution in [0.4, 0.5) is 11.4 Å². The first-order chi connectivity index (χ1) is 7.72. The highest BCUT2D eigenvalue weighted by molar-refractivity contribution is 5.55. The summed E-state index contributed by atoms with van der Waals surface area (Å²) in [5.41, 5.74) is 18.7. The summed E-state index contributed by atoms with van der Waals surface area (Å²) in [6.07, 6.45) is 1.94. The summed E-state index contributed by atoms with van der Waals surface area (Å²) in [5, 5.41) is 0. The summed E-state index contributed by atoms with van der Waals surface area (Å²) < 4.78 is 0. The fourth-order valence-corrected chi connectivity index (χ4v) is 2.38. The molecule has 0 atom stereocenters. The fraction of sp³-hybridized carbons (Fsp3) is 0.143. The van der Waals surface area contributed by atoms with Crippen molar-refractivity contribution in [2.75, 3.05) is 11.5 Å².